The lowest BCUT2D eigenvalue weighted by Crippen LogP contribution is -2.43. The molecule has 36 heavy (non-hydrogen) atoms. The molecule has 0 spiro atoms. The SMILES string of the molecule is C#CCCC(=O)NCC(C)(CC)OCCC(C)(C)OCCCOCOc1c(F)c(F)c(F)c(F)c1F. The summed E-state index contributed by atoms with van der Waals surface area (Å²) in [6.45, 7) is 8.04. The summed E-state index contributed by atoms with van der Waals surface area (Å²) < 4.78 is 87.8. The molecule has 6 nitrogen and oxygen atoms in total. The van der Waals surface area contributed by atoms with Gasteiger partial charge in [-0.3, -0.25) is 4.79 Å². The average Bonchev–Trinajstić information content (AvgIpc) is 2.84. The van der Waals surface area contributed by atoms with E-state index in [1.165, 1.54) is 0 Å². The molecule has 1 amide bonds. The van der Waals surface area contributed by atoms with Gasteiger partial charge in [-0.15, -0.1) is 12.3 Å². The molecular formula is C25H34F5NO5. The van der Waals surface area contributed by atoms with Gasteiger partial charge >= 0.3 is 0 Å². The van der Waals surface area contributed by atoms with Gasteiger partial charge in [0.1, 0.15) is 0 Å². The molecule has 1 aromatic carbocycles. The minimum Gasteiger partial charge on any atom is -0.461 e. The van der Waals surface area contributed by atoms with E-state index in [0.717, 1.165) is 0 Å². The molecule has 0 aliphatic rings. The third-order valence-corrected chi connectivity index (χ3v) is 5.44. The van der Waals surface area contributed by atoms with Crippen molar-refractivity contribution in [2.75, 3.05) is 33.2 Å². The lowest BCUT2D eigenvalue weighted by atomic mass is 10.0. The first kappa shape index (κ1) is 31.6. The van der Waals surface area contributed by atoms with Crippen molar-refractivity contribution in [3.63, 3.8) is 0 Å². The van der Waals surface area contributed by atoms with Crippen molar-refractivity contribution in [3.05, 3.63) is 29.1 Å². The Morgan fingerprint density at radius 2 is 1.56 bits per heavy atom. The summed E-state index contributed by atoms with van der Waals surface area (Å²) in [5.41, 5.74) is -1.07. The molecule has 0 radical (unpaired) electrons. The lowest BCUT2D eigenvalue weighted by Gasteiger charge is -2.32. The van der Waals surface area contributed by atoms with E-state index < -0.39 is 52.8 Å². The van der Waals surface area contributed by atoms with Crippen molar-refractivity contribution in [3.8, 4) is 18.1 Å². The quantitative estimate of drug-likeness (QED) is 0.0776. The molecular weight excluding hydrogens is 489 g/mol. The third kappa shape index (κ3) is 10.3. The Balaban J connectivity index is 2.30. The van der Waals surface area contributed by atoms with Crippen LogP contribution in [0.1, 0.15) is 59.8 Å². The fourth-order valence-electron chi connectivity index (χ4n) is 2.83. The second-order valence-corrected chi connectivity index (χ2v) is 8.91. The Morgan fingerprint density at radius 1 is 0.944 bits per heavy atom. The minimum absolute atomic E-state index is 0.0647. The molecule has 1 atom stereocenters. The standard InChI is InChI=1S/C25H34F5NO5/c1-6-8-10-17(32)31-15-25(5,7-2)36-14-11-24(3,4)35-13-9-12-33-16-34-23-21(29)19(27)18(26)20(28)22(23)30/h1H,7-16H2,2-5H3,(H,31,32). The normalized spacial score (nSPS) is 13.2. The van der Waals surface area contributed by atoms with Gasteiger partial charge in [-0.05, 0) is 40.0 Å². The van der Waals surface area contributed by atoms with Crippen molar-refractivity contribution < 1.29 is 45.7 Å². The van der Waals surface area contributed by atoms with Crippen LogP contribution in [-0.2, 0) is 19.0 Å². The number of terminal acetylenes is 1. The Hall–Kier alpha value is -2.42. The molecule has 0 aliphatic carbocycles. The van der Waals surface area contributed by atoms with E-state index >= 15 is 0 Å². The maximum atomic E-state index is 13.5. The van der Waals surface area contributed by atoms with Crippen LogP contribution in [0.5, 0.6) is 5.75 Å². The number of hydrogen-bond acceptors (Lipinski definition) is 5. The maximum absolute atomic E-state index is 13.5. The van der Waals surface area contributed by atoms with Crippen molar-refractivity contribution >= 4 is 5.91 Å². The summed E-state index contributed by atoms with van der Waals surface area (Å²) >= 11 is 0. The first-order valence-electron chi connectivity index (χ1n) is 11.6. The molecule has 0 saturated carbocycles. The summed E-state index contributed by atoms with van der Waals surface area (Å²) in [6, 6.07) is 0. The van der Waals surface area contributed by atoms with Crippen molar-refractivity contribution in [2.45, 2.75) is 71.0 Å². The Bertz CT molecular complexity index is 877. The van der Waals surface area contributed by atoms with E-state index in [2.05, 4.69) is 16.0 Å². The molecule has 1 rings (SSSR count). The number of carbonyl (C=O) groups is 1. The lowest BCUT2D eigenvalue weighted by molar-refractivity contribution is -0.123. The van der Waals surface area contributed by atoms with E-state index in [4.69, 9.17) is 20.6 Å². The topological polar surface area (TPSA) is 66.0 Å². The van der Waals surface area contributed by atoms with Gasteiger partial charge in [-0.2, -0.15) is 8.78 Å². The molecule has 0 aromatic heterocycles. The highest BCUT2D eigenvalue weighted by Gasteiger charge is 2.27. The summed E-state index contributed by atoms with van der Waals surface area (Å²) in [5, 5.41) is 2.83. The van der Waals surface area contributed by atoms with E-state index in [1.54, 1.807) is 0 Å². The summed E-state index contributed by atoms with van der Waals surface area (Å²) in [6.07, 6.45) is 7.46. The Morgan fingerprint density at radius 3 is 2.14 bits per heavy atom. The van der Waals surface area contributed by atoms with Gasteiger partial charge in [0.15, 0.2) is 12.5 Å². The highest BCUT2D eigenvalue weighted by molar-refractivity contribution is 5.76. The first-order valence-corrected chi connectivity index (χ1v) is 11.6. The minimum atomic E-state index is -2.26. The van der Waals surface area contributed by atoms with E-state index in [1.807, 2.05) is 27.7 Å². The Kier molecular flexibility index (Phi) is 13.1. The predicted octanol–water partition coefficient (Wildman–Crippen LogP) is 5.03. The maximum Gasteiger partial charge on any atom is 0.221 e. The zero-order valence-electron chi connectivity index (χ0n) is 21.1. The molecule has 1 N–H and O–H groups in total. The van der Waals surface area contributed by atoms with Gasteiger partial charge in [0, 0.05) is 26.0 Å². The summed E-state index contributed by atoms with van der Waals surface area (Å²) in [4.78, 5) is 11.8. The molecule has 0 fully saturated rings. The highest BCUT2D eigenvalue weighted by Crippen LogP contribution is 2.29. The van der Waals surface area contributed by atoms with E-state index in [-0.39, 0.29) is 25.5 Å². The molecule has 11 heteroatoms. The molecule has 0 saturated heterocycles. The van der Waals surface area contributed by atoms with Crippen LogP contribution in [0.2, 0.25) is 0 Å². The van der Waals surface area contributed by atoms with Gasteiger partial charge in [-0.25, -0.2) is 13.2 Å². The monoisotopic (exact) mass is 523 g/mol. The van der Waals surface area contributed by atoms with Crippen molar-refractivity contribution in [1.82, 2.24) is 5.32 Å². The first-order chi connectivity index (χ1) is 16.9. The number of amides is 1. The summed E-state index contributed by atoms with van der Waals surface area (Å²) in [5.74, 6) is -9.66. The van der Waals surface area contributed by atoms with Crippen molar-refractivity contribution in [1.29, 1.82) is 0 Å². The van der Waals surface area contributed by atoms with Crippen molar-refractivity contribution in [2.24, 2.45) is 0 Å². The van der Waals surface area contributed by atoms with Crippen LogP contribution in [0.25, 0.3) is 0 Å². The predicted molar refractivity (Wildman–Crippen MR) is 123 cm³/mol. The largest absolute Gasteiger partial charge is 0.461 e. The van der Waals surface area contributed by atoms with Gasteiger partial charge in [-0.1, -0.05) is 6.92 Å². The fraction of sp³-hybridized carbons (Fsp3) is 0.640. The van der Waals surface area contributed by atoms with Gasteiger partial charge in [0.05, 0.1) is 24.4 Å². The van der Waals surface area contributed by atoms with Crippen LogP contribution in [0.3, 0.4) is 0 Å². The highest BCUT2D eigenvalue weighted by atomic mass is 19.2. The molecule has 0 bridgehead atoms. The smallest absolute Gasteiger partial charge is 0.221 e. The molecule has 0 heterocycles. The zero-order chi connectivity index (χ0) is 27.4. The van der Waals surface area contributed by atoms with Crippen LogP contribution in [0.15, 0.2) is 0 Å². The number of nitrogens with one attached hydrogen (secondary N) is 1. The van der Waals surface area contributed by atoms with E-state index in [0.29, 0.717) is 38.8 Å². The number of rotatable bonds is 17. The van der Waals surface area contributed by atoms with Gasteiger partial charge in [0.2, 0.25) is 35.0 Å². The van der Waals surface area contributed by atoms with Gasteiger partial charge in [0.25, 0.3) is 0 Å². The number of benzene rings is 1. The van der Waals surface area contributed by atoms with Crippen LogP contribution >= 0.6 is 0 Å². The van der Waals surface area contributed by atoms with E-state index in [9.17, 15) is 26.7 Å². The number of hydrogen-bond donors (Lipinski definition) is 1. The van der Waals surface area contributed by atoms with Gasteiger partial charge < -0.3 is 24.3 Å². The number of carbonyl (C=O) groups excluding carboxylic acids is 1. The fourth-order valence-corrected chi connectivity index (χ4v) is 2.83. The number of ether oxygens (including phenoxy) is 4. The van der Waals surface area contributed by atoms with Crippen LogP contribution in [-0.4, -0.2) is 50.3 Å². The molecule has 1 unspecified atom stereocenters. The Labute approximate surface area is 208 Å². The molecule has 204 valence electrons. The number of halogens is 5. The average molecular weight is 524 g/mol. The van der Waals surface area contributed by atoms with Crippen LogP contribution in [0, 0.1) is 41.4 Å². The van der Waals surface area contributed by atoms with Crippen LogP contribution < -0.4 is 10.1 Å². The molecule has 1 aromatic rings. The second kappa shape index (κ2) is 15.0. The molecule has 0 aliphatic heterocycles. The third-order valence-electron chi connectivity index (χ3n) is 5.44. The summed E-state index contributed by atoms with van der Waals surface area (Å²) in [7, 11) is 0. The van der Waals surface area contributed by atoms with Crippen LogP contribution in [0.4, 0.5) is 22.0 Å². The zero-order valence-corrected chi connectivity index (χ0v) is 21.1. The second-order valence-electron chi connectivity index (χ2n) is 8.91.